The lowest BCUT2D eigenvalue weighted by atomic mass is 9.95. The molecule has 6 heteroatoms. The summed E-state index contributed by atoms with van der Waals surface area (Å²) in [5.74, 6) is -0.752. The largest absolute Gasteiger partial charge is 0.480 e. The fraction of sp³-hybridized carbons (Fsp3) is 0.350. The van der Waals surface area contributed by atoms with E-state index in [2.05, 4.69) is 60.4 Å². The highest BCUT2D eigenvalue weighted by molar-refractivity contribution is 5.85. The standard InChI is InChI=1S/C20H24N2O2.2ClH/c1-16-14-21(15-19(23)24)12-13-22(16)20(17-8-4-2-5-9-17)18-10-6-3-7-11-18;;/h2-11,16,20H,12-15H2,1H3,(H,23,24);2*1H. The van der Waals surface area contributed by atoms with Crippen LogP contribution in [0.15, 0.2) is 60.7 Å². The molecular weight excluding hydrogens is 371 g/mol. The van der Waals surface area contributed by atoms with Gasteiger partial charge in [0.25, 0.3) is 0 Å². The normalized spacial score (nSPS) is 18.0. The van der Waals surface area contributed by atoms with Crippen molar-refractivity contribution < 1.29 is 9.90 Å². The molecular formula is C20H26Cl2N2O2. The summed E-state index contributed by atoms with van der Waals surface area (Å²) in [5.41, 5.74) is 2.56. The van der Waals surface area contributed by atoms with Crippen LogP contribution >= 0.6 is 24.8 Å². The first-order chi connectivity index (χ1) is 11.6. The van der Waals surface area contributed by atoms with Gasteiger partial charge in [0.05, 0.1) is 12.6 Å². The fourth-order valence-electron chi connectivity index (χ4n) is 3.61. The molecule has 0 bridgehead atoms. The smallest absolute Gasteiger partial charge is 0.317 e. The second-order valence-corrected chi connectivity index (χ2v) is 6.44. The molecule has 0 spiro atoms. The van der Waals surface area contributed by atoms with E-state index in [1.54, 1.807) is 0 Å². The van der Waals surface area contributed by atoms with Gasteiger partial charge >= 0.3 is 5.97 Å². The molecule has 1 heterocycles. The second-order valence-electron chi connectivity index (χ2n) is 6.44. The highest BCUT2D eigenvalue weighted by atomic mass is 35.5. The summed E-state index contributed by atoms with van der Waals surface area (Å²) >= 11 is 0. The predicted molar refractivity (Wildman–Crippen MR) is 109 cm³/mol. The van der Waals surface area contributed by atoms with Crippen molar-refractivity contribution in [1.29, 1.82) is 0 Å². The molecule has 1 atom stereocenters. The average Bonchev–Trinajstić information content (AvgIpc) is 2.58. The minimum atomic E-state index is -0.752. The maximum Gasteiger partial charge on any atom is 0.317 e. The van der Waals surface area contributed by atoms with Crippen LogP contribution in [0.2, 0.25) is 0 Å². The predicted octanol–water partition coefficient (Wildman–Crippen LogP) is 3.71. The minimum absolute atomic E-state index is 0. The van der Waals surface area contributed by atoms with Gasteiger partial charge in [0.2, 0.25) is 0 Å². The van der Waals surface area contributed by atoms with Crippen LogP contribution in [-0.4, -0.2) is 53.1 Å². The molecule has 1 aliphatic heterocycles. The van der Waals surface area contributed by atoms with Gasteiger partial charge in [0.1, 0.15) is 0 Å². The lowest BCUT2D eigenvalue weighted by Crippen LogP contribution is -2.54. The third-order valence-corrected chi connectivity index (χ3v) is 4.68. The molecule has 2 aromatic carbocycles. The highest BCUT2D eigenvalue weighted by Gasteiger charge is 2.31. The van der Waals surface area contributed by atoms with Gasteiger partial charge in [0.15, 0.2) is 0 Å². The second kappa shape index (κ2) is 10.5. The summed E-state index contributed by atoms with van der Waals surface area (Å²) in [6.45, 7) is 4.74. The summed E-state index contributed by atoms with van der Waals surface area (Å²) in [5, 5.41) is 9.03. The molecule has 0 saturated carbocycles. The Morgan fingerprint density at radius 1 is 1.00 bits per heavy atom. The molecule has 0 aliphatic carbocycles. The summed E-state index contributed by atoms with van der Waals surface area (Å²) in [7, 11) is 0. The molecule has 1 saturated heterocycles. The third-order valence-electron chi connectivity index (χ3n) is 4.68. The van der Waals surface area contributed by atoms with E-state index in [0.717, 1.165) is 19.6 Å². The monoisotopic (exact) mass is 396 g/mol. The molecule has 1 fully saturated rings. The molecule has 0 aromatic heterocycles. The van der Waals surface area contributed by atoms with Crippen molar-refractivity contribution in [2.75, 3.05) is 26.2 Å². The number of carbonyl (C=O) groups is 1. The Balaban J connectivity index is 0.00000169. The number of piperazine rings is 1. The van der Waals surface area contributed by atoms with Crippen LogP contribution in [0.1, 0.15) is 24.1 Å². The Labute approximate surface area is 167 Å². The van der Waals surface area contributed by atoms with E-state index >= 15 is 0 Å². The number of hydrogen-bond acceptors (Lipinski definition) is 3. The van der Waals surface area contributed by atoms with Crippen LogP contribution in [0.4, 0.5) is 0 Å². The zero-order valence-corrected chi connectivity index (χ0v) is 16.5. The zero-order chi connectivity index (χ0) is 16.9. The first-order valence-corrected chi connectivity index (χ1v) is 8.45. The number of hydrogen-bond donors (Lipinski definition) is 1. The molecule has 1 unspecified atom stereocenters. The Bertz CT molecular complexity index is 631. The van der Waals surface area contributed by atoms with Gasteiger partial charge in [0, 0.05) is 25.7 Å². The molecule has 0 amide bonds. The van der Waals surface area contributed by atoms with Crippen molar-refractivity contribution in [1.82, 2.24) is 9.80 Å². The maximum atomic E-state index is 11.0. The first-order valence-electron chi connectivity index (χ1n) is 8.45. The van der Waals surface area contributed by atoms with Crippen LogP contribution in [0.5, 0.6) is 0 Å². The van der Waals surface area contributed by atoms with Gasteiger partial charge in [-0.15, -0.1) is 24.8 Å². The van der Waals surface area contributed by atoms with E-state index in [1.807, 2.05) is 17.0 Å². The van der Waals surface area contributed by atoms with E-state index in [1.165, 1.54) is 11.1 Å². The van der Waals surface area contributed by atoms with Crippen molar-refractivity contribution in [3.05, 3.63) is 71.8 Å². The summed E-state index contributed by atoms with van der Waals surface area (Å²) in [4.78, 5) is 15.5. The number of halogens is 2. The lowest BCUT2D eigenvalue weighted by Gasteiger charge is -2.44. The van der Waals surface area contributed by atoms with Crippen LogP contribution in [-0.2, 0) is 4.79 Å². The average molecular weight is 397 g/mol. The molecule has 4 nitrogen and oxygen atoms in total. The molecule has 1 aliphatic rings. The number of aliphatic carboxylic acids is 1. The zero-order valence-electron chi connectivity index (χ0n) is 14.8. The van der Waals surface area contributed by atoms with Crippen LogP contribution < -0.4 is 0 Å². The topological polar surface area (TPSA) is 43.8 Å². The van der Waals surface area contributed by atoms with Gasteiger partial charge in [-0.1, -0.05) is 60.7 Å². The number of carboxylic acid groups (broad SMARTS) is 1. The Kier molecular flexibility index (Phi) is 9.09. The molecule has 142 valence electrons. The van der Waals surface area contributed by atoms with Crippen LogP contribution in [0, 0.1) is 0 Å². The van der Waals surface area contributed by atoms with Gasteiger partial charge in [-0.3, -0.25) is 14.6 Å². The number of carboxylic acids is 1. The third kappa shape index (κ3) is 5.45. The Morgan fingerprint density at radius 2 is 1.50 bits per heavy atom. The van der Waals surface area contributed by atoms with Gasteiger partial charge < -0.3 is 5.11 Å². The van der Waals surface area contributed by atoms with E-state index in [0.29, 0.717) is 6.04 Å². The molecule has 2 aromatic rings. The van der Waals surface area contributed by atoms with Crippen molar-refractivity contribution >= 4 is 30.8 Å². The lowest BCUT2D eigenvalue weighted by molar-refractivity contribution is -0.139. The molecule has 26 heavy (non-hydrogen) atoms. The van der Waals surface area contributed by atoms with E-state index in [4.69, 9.17) is 5.11 Å². The van der Waals surface area contributed by atoms with Crippen LogP contribution in [0.3, 0.4) is 0 Å². The van der Waals surface area contributed by atoms with E-state index < -0.39 is 5.97 Å². The van der Waals surface area contributed by atoms with Crippen molar-refractivity contribution in [3.63, 3.8) is 0 Å². The molecule has 0 radical (unpaired) electrons. The van der Waals surface area contributed by atoms with Gasteiger partial charge in [-0.2, -0.15) is 0 Å². The number of rotatable bonds is 5. The first kappa shape index (κ1) is 22.5. The van der Waals surface area contributed by atoms with E-state index in [9.17, 15) is 4.79 Å². The Morgan fingerprint density at radius 3 is 1.92 bits per heavy atom. The van der Waals surface area contributed by atoms with Crippen LogP contribution in [0.25, 0.3) is 0 Å². The van der Waals surface area contributed by atoms with Crippen molar-refractivity contribution in [3.8, 4) is 0 Å². The van der Waals surface area contributed by atoms with E-state index in [-0.39, 0.29) is 37.4 Å². The maximum absolute atomic E-state index is 11.0. The summed E-state index contributed by atoms with van der Waals surface area (Å²) < 4.78 is 0. The number of nitrogens with zero attached hydrogens (tertiary/aromatic N) is 2. The summed E-state index contributed by atoms with van der Waals surface area (Å²) in [6, 6.07) is 21.6. The van der Waals surface area contributed by atoms with Gasteiger partial charge in [-0.25, -0.2) is 0 Å². The van der Waals surface area contributed by atoms with Crippen molar-refractivity contribution in [2.45, 2.75) is 19.0 Å². The SMILES string of the molecule is CC1CN(CC(=O)O)CCN1C(c1ccccc1)c1ccccc1.Cl.Cl. The quantitative estimate of drug-likeness (QED) is 0.836. The Hall–Kier alpha value is -1.59. The molecule has 3 rings (SSSR count). The minimum Gasteiger partial charge on any atom is -0.480 e. The molecule has 1 N–H and O–H groups in total. The number of benzene rings is 2. The van der Waals surface area contributed by atoms with Crippen molar-refractivity contribution in [2.24, 2.45) is 0 Å². The fourth-order valence-corrected chi connectivity index (χ4v) is 3.61. The van der Waals surface area contributed by atoms with Gasteiger partial charge in [-0.05, 0) is 18.1 Å². The highest BCUT2D eigenvalue weighted by Crippen LogP contribution is 2.31. The summed E-state index contributed by atoms with van der Waals surface area (Å²) in [6.07, 6.45) is 0.